The molecule has 4 nitrogen and oxygen atoms in total. The molecule has 0 aliphatic carbocycles. The normalized spacial score (nSPS) is 19.6. The summed E-state index contributed by atoms with van der Waals surface area (Å²) in [5.41, 5.74) is 1.16. The number of hydrogen-bond donors (Lipinski definition) is 1. The molecule has 2 atom stereocenters. The zero-order chi connectivity index (χ0) is 22.7. The fourth-order valence-electron chi connectivity index (χ4n) is 4.24. The Hall–Kier alpha value is -2.77. The number of ether oxygens (including phenoxy) is 1. The third-order valence-electron chi connectivity index (χ3n) is 6.09. The lowest BCUT2D eigenvalue weighted by molar-refractivity contribution is -0.0658. The van der Waals surface area contributed by atoms with Crippen molar-refractivity contribution < 1.29 is 23.4 Å². The summed E-state index contributed by atoms with van der Waals surface area (Å²) in [6, 6.07) is 14.4. The van der Waals surface area contributed by atoms with Crippen LogP contribution in [0.4, 0.5) is 13.6 Å². The van der Waals surface area contributed by atoms with Gasteiger partial charge in [-0.25, -0.2) is 13.6 Å². The molecule has 32 heavy (non-hydrogen) atoms. The summed E-state index contributed by atoms with van der Waals surface area (Å²) in [6.07, 6.45) is 1.39. The molecule has 168 valence electrons. The van der Waals surface area contributed by atoms with Crippen LogP contribution in [0.25, 0.3) is 11.1 Å². The molecule has 0 bridgehead atoms. The van der Waals surface area contributed by atoms with Crippen molar-refractivity contribution in [2.24, 2.45) is 0 Å². The summed E-state index contributed by atoms with van der Waals surface area (Å²) >= 11 is 1.56. The van der Waals surface area contributed by atoms with Gasteiger partial charge in [0.25, 0.3) is 0 Å². The van der Waals surface area contributed by atoms with Crippen molar-refractivity contribution in [3.63, 3.8) is 0 Å². The summed E-state index contributed by atoms with van der Waals surface area (Å²) in [5, 5.41) is 11.3. The maximum absolute atomic E-state index is 14.1. The van der Waals surface area contributed by atoms with Crippen LogP contribution in [0.5, 0.6) is 0 Å². The van der Waals surface area contributed by atoms with Crippen LogP contribution in [0.2, 0.25) is 0 Å². The third kappa shape index (κ3) is 4.40. The standard InChI is InChI=1S/C25H25F2NO3S/c1-17(18-5-7-19(8-6-18)21-10-9-20(26)16-22(21)27)28-13-12-25(11-3-14-29,31-24(28)30)23-4-2-15-32-23/h2,4-10,15-17,29H,3,11-14H2,1H3/t17-,25+/m0/s1. The number of carbonyl (C=O) groups is 1. The Kier molecular flexibility index (Phi) is 6.58. The topological polar surface area (TPSA) is 49.8 Å². The number of rotatable bonds is 7. The summed E-state index contributed by atoms with van der Waals surface area (Å²) in [7, 11) is 0. The predicted molar refractivity (Wildman–Crippen MR) is 120 cm³/mol. The maximum atomic E-state index is 14.1. The molecular weight excluding hydrogens is 432 g/mol. The van der Waals surface area contributed by atoms with Crippen molar-refractivity contribution in [2.45, 2.75) is 37.8 Å². The van der Waals surface area contributed by atoms with E-state index >= 15 is 0 Å². The monoisotopic (exact) mass is 457 g/mol. The van der Waals surface area contributed by atoms with Crippen LogP contribution < -0.4 is 0 Å². The highest BCUT2D eigenvalue weighted by Crippen LogP contribution is 2.42. The lowest BCUT2D eigenvalue weighted by Crippen LogP contribution is -2.48. The maximum Gasteiger partial charge on any atom is 0.411 e. The Labute approximate surface area is 190 Å². The highest BCUT2D eigenvalue weighted by molar-refractivity contribution is 7.10. The zero-order valence-corrected chi connectivity index (χ0v) is 18.6. The highest BCUT2D eigenvalue weighted by Gasteiger charge is 2.43. The van der Waals surface area contributed by atoms with Gasteiger partial charge in [-0.05, 0) is 54.5 Å². The molecule has 1 aliphatic rings. The Morgan fingerprint density at radius 3 is 2.59 bits per heavy atom. The van der Waals surface area contributed by atoms with E-state index in [1.165, 1.54) is 12.1 Å². The quantitative estimate of drug-likeness (QED) is 0.455. The second-order valence-electron chi connectivity index (χ2n) is 8.03. The Balaban J connectivity index is 1.50. The molecule has 0 radical (unpaired) electrons. The molecule has 1 aromatic heterocycles. The van der Waals surface area contributed by atoms with Crippen molar-refractivity contribution in [2.75, 3.05) is 13.2 Å². The number of nitrogens with zero attached hydrogens (tertiary/aromatic N) is 1. The van der Waals surface area contributed by atoms with Gasteiger partial charge < -0.3 is 14.7 Å². The van der Waals surface area contributed by atoms with Crippen LogP contribution in [-0.4, -0.2) is 29.3 Å². The smallest absolute Gasteiger partial charge is 0.411 e. The van der Waals surface area contributed by atoms with Gasteiger partial charge in [-0.3, -0.25) is 0 Å². The van der Waals surface area contributed by atoms with Gasteiger partial charge in [0.15, 0.2) is 0 Å². The van der Waals surface area contributed by atoms with Gasteiger partial charge in [-0.1, -0.05) is 30.3 Å². The molecular formula is C25H25F2NO3S. The van der Waals surface area contributed by atoms with E-state index in [0.717, 1.165) is 16.5 Å². The minimum atomic E-state index is -0.700. The van der Waals surface area contributed by atoms with Crippen LogP contribution in [0.15, 0.2) is 60.0 Å². The number of benzene rings is 2. The number of thiophene rings is 1. The van der Waals surface area contributed by atoms with E-state index < -0.39 is 17.2 Å². The molecule has 1 fully saturated rings. The highest BCUT2D eigenvalue weighted by atomic mass is 32.1. The van der Waals surface area contributed by atoms with E-state index in [1.54, 1.807) is 28.4 Å². The molecule has 0 unspecified atom stereocenters. The number of aliphatic hydroxyl groups excluding tert-OH is 1. The first kappa shape index (κ1) is 22.4. The van der Waals surface area contributed by atoms with E-state index in [0.29, 0.717) is 36.9 Å². The van der Waals surface area contributed by atoms with Crippen molar-refractivity contribution >= 4 is 17.4 Å². The lowest BCUT2D eigenvalue weighted by atomic mass is 9.89. The van der Waals surface area contributed by atoms with Crippen LogP contribution in [0.3, 0.4) is 0 Å². The minimum Gasteiger partial charge on any atom is -0.437 e. The molecule has 2 heterocycles. The Bertz CT molecular complexity index is 1070. The van der Waals surface area contributed by atoms with Crippen molar-refractivity contribution in [3.8, 4) is 11.1 Å². The van der Waals surface area contributed by atoms with E-state index in [4.69, 9.17) is 4.74 Å². The van der Waals surface area contributed by atoms with E-state index in [1.807, 2.05) is 36.6 Å². The largest absolute Gasteiger partial charge is 0.437 e. The number of aliphatic hydroxyl groups is 1. The SMILES string of the molecule is C[C@@H](c1ccc(-c2ccc(F)cc2F)cc1)N1CC[C@](CCCO)(c2cccs2)OC1=O. The lowest BCUT2D eigenvalue weighted by Gasteiger charge is -2.43. The molecule has 7 heteroatoms. The van der Waals surface area contributed by atoms with Gasteiger partial charge in [-0.15, -0.1) is 11.3 Å². The minimum absolute atomic E-state index is 0.0474. The van der Waals surface area contributed by atoms with Gasteiger partial charge in [-0.2, -0.15) is 0 Å². The molecule has 1 saturated heterocycles. The first-order valence-electron chi connectivity index (χ1n) is 10.6. The van der Waals surface area contributed by atoms with Gasteiger partial charge >= 0.3 is 6.09 Å². The molecule has 2 aromatic carbocycles. The van der Waals surface area contributed by atoms with E-state index in [-0.39, 0.29) is 18.7 Å². The van der Waals surface area contributed by atoms with Crippen molar-refractivity contribution in [1.82, 2.24) is 4.90 Å². The predicted octanol–water partition coefficient (Wildman–Crippen LogP) is 6.26. The fourth-order valence-corrected chi connectivity index (χ4v) is 5.16. The summed E-state index contributed by atoms with van der Waals surface area (Å²) in [5.74, 6) is -1.23. The zero-order valence-electron chi connectivity index (χ0n) is 17.8. The Morgan fingerprint density at radius 2 is 1.97 bits per heavy atom. The van der Waals surface area contributed by atoms with Gasteiger partial charge in [0.1, 0.15) is 17.2 Å². The van der Waals surface area contributed by atoms with Crippen LogP contribution in [-0.2, 0) is 10.3 Å². The number of carbonyl (C=O) groups excluding carboxylic acids is 1. The molecule has 1 aliphatic heterocycles. The Morgan fingerprint density at radius 1 is 1.19 bits per heavy atom. The first-order valence-corrected chi connectivity index (χ1v) is 11.5. The number of amides is 1. The molecule has 1 amide bonds. The van der Waals surface area contributed by atoms with E-state index in [2.05, 4.69) is 0 Å². The molecule has 1 N–H and O–H groups in total. The van der Waals surface area contributed by atoms with Crippen LogP contribution in [0.1, 0.15) is 42.7 Å². The van der Waals surface area contributed by atoms with Crippen LogP contribution >= 0.6 is 11.3 Å². The third-order valence-corrected chi connectivity index (χ3v) is 7.14. The van der Waals surface area contributed by atoms with Gasteiger partial charge in [0.05, 0.1) is 6.04 Å². The first-order chi connectivity index (χ1) is 15.4. The van der Waals surface area contributed by atoms with E-state index in [9.17, 15) is 18.7 Å². The molecule has 3 aromatic rings. The number of cyclic esters (lactones) is 1. The summed E-state index contributed by atoms with van der Waals surface area (Å²) < 4.78 is 33.3. The fraction of sp³-hybridized carbons (Fsp3) is 0.320. The molecule has 4 rings (SSSR count). The number of halogens is 2. The summed E-state index contributed by atoms with van der Waals surface area (Å²) in [6.45, 7) is 2.50. The molecule has 0 saturated carbocycles. The van der Waals surface area contributed by atoms with Crippen molar-refractivity contribution in [3.05, 3.63) is 82.1 Å². The van der Waals surface area contributed by atoms with Crippen molar-refractivity contribution in [1.29, 1.82) is 0 Å². The van der Waals surface area contributed by atoms with Crippen LogP contribution in [0, 0.1) is 11.6 Å². The second kappa shape index (κ2) is 9.38. The van der Waals surface area contributed by atoms with Gasteiger partial charge in [0.2, 0.25) is 0 Å². The molecule has 0 spiro atoms. The average Bonchev–Trinajstić information content (AvgIpc) is 3.33. The average molecular weight is 458 g/mol. The summed E-state index contributed by atoms with van der Waals surface area (Å²) in [4.78, 5) is 15.7. The van der Waals surface area contributed by atoms with Gasteiger partial charge in [0, 0.05) is 36.1 Å². The number of hydrogen-bond acceptors (Lipinski definition) is 4. The second-order valence-corrected chi connectivity index (χ2v) is 8.98.